The number of nitrogens with one attached hydrogen (secondary N) is 1. The fourth-order valence-corrected chi connectivity index (χ4v) is 2.42. The van der Waals surface area contributed by atoms with Gasteiger partial charge in [-0.25, -0.2) is 4.68 Å². The molecule has 1 aliphatic heterocycles. The maximum Gasteiger partial charge on any atom is 0.121 e. The van der Waals surface area contributed by atoms with Crippen molar-refractivity contribution in [3.05, 3.63) is 42.2 Å². The molecule has 94 valence electrons. The van der Waals surface area contributed by atoms with Crippen LogP contribution in [0, 0.1) is 0 Å². The molecule has 0 amide bonds. The first-order valence-electron chi connectivity index (χ1n) is 6.19. The van der Waals surface area contributed by atoms with Gasteiger partial charge in [-0.3, -0.25) is 0 Å². The third-order valence-electron chi connectivity index (χ3n) is 3.39. The molecule has 18 heavy (non-hydrogen) atoms. The number of hydrogen-bond donors (Lipinski definition) is 2. The predicted octanol–water partition coefficient (Wildman–Crippen LogP) is 0.838. The van der Waals surface area contributed by atoms with E-state index in [1.807, 2.05) is 30.3 Å². The second-order valence-electron chi connectivity index (χ2n) is 4.68. The number of piperidine rings is 1. The number of aromatic nitrogens is 3. The van der Waals surface area contributed by atoms with E-state index < -0.39 is 5.60 Å². The van der Waals surface area contributed by atoms with Gasteiger partial charge in [0, 0.05) is 6.54 Å². The van der Waals surface area contributed by atoms with Gasteiger partial charge in [-0.15, -0.1) is 5.10 Å². The Morgan fingerprint density at radius 3 is 2.83 bits per heavy atom. The molecule has 0 spiro atoms. The summed E-state index contributed by atoms with van der Waals surface area (Å²) >= 11 is 0. The maximum atomic E-state index is 10.7. The highest BCUT2D eigenvalue weighted by Gasteiger charge is 2.35. The molecule has 0 aliphatic carbocycles. The number of rotatable bonds is 2. The quantitative estimate of drug-likeness (QED) is 0.821. The van der Waals surface area contributed by atoms with Gasteiger partial charge >= 0.3 is 0 Å². The summed E-state index contributed by atoms with van der Waals surface area (Å²) in [5, 5.41) is 22.0. The first kappa shape index (κ1) is 11.4. The van der Waals surface area contributed by atoms with Gasteiger partial charge < -0.3 is 10.4 Å². The van der Waals surface area contributed by atoms with Gasteiger partial charge in [0.15, 0.2) is 0 Å². The molecule has 1 fully saturated rings. The Hall–Kier alpha value is -1.72. The first-order valence-corrected chi connectivity index (χ1v) is 6.19. The standard InChI is InChI=1S/C13H16N4O/c18-13(7-4-8-14-10-13)12-9-15-16-17(12)11-5-2-1-3-6-11/h1-3,5-6,9,14,18H,4,7-8,10H2. The van der Waals surface area contributed by atoms with Crippen LogP contribution in [0.25, 0.3) is 5.69 Å². The third-order valence-corrected chi connectivity index (χ3v) is 3.39. The summed E-state index contributed by atoms with van der Waals surface area (Å²) in [6, 6.07) is 9.76. The van der Waals surface area contributed by atoms with Crippen LogP contribution in [0.4, 0.5) is 0 Å². The van der Waals surface area contributed by atoms with Crippen molar-refractivity contribution in [3.63, 3.8) is 0 Å². The third kappa shape index (κ3) is 1.91. The summed E-state index contributed by atoms with van der Waals surface area (Å²) in [5.41, 5.74) is 0.794. The zero-order valence-corrected chi connectivity index (χ0v) is 10.1. The van der Waals surface area contributed by atoms with Crippen LogP contribution in [-0.4, -0.2) is 33.2 Å². The summed E-state index contributed by atoms with van der Waals surface area (Å²) in [6.07, 6.45) is 3.34. The van der Waals surface area contributed by atoms with Crippen LogP contribution >= 0.6 is 0 Å². The van der Waals surface area contributed by atoms with Crippen LogP contribution in [0.15, 0.2) is 36.5 Å². The molecule has 2 aromatic rings. The second kappa shape index (κ2) is 4.51. The van der Waals surface area contributed by atoms with Crippen LogP contribution in [0.3, 0.4) is 0 Å². The van der Waals surface area contributed by atoms with E-state index >= 15 is 0 Å². The van der Waals surface area contributed by atoms with E-state index in [-0.39, 0.29) is 0 Å². The largest absolute Gasteiger partial charge is 0.382 e. The summed E-state index contributed by atoms with van der Waals surface area (Å²) in [5.74, 6) is 0. The molecular formula is C13H16N4O. The molecule has 5 heteroatoms. The van der Waals surface area contributed by atoms with Crippen molar-refractivity contribution in [2.45, 2.75) is 18.4 Å². The number of β-amino-alcohol motifs (C(OH)–C–C–N with tert-alkyl or cyclic N) is 1. The van der Waals surface area contributed by atoms with Crippen LogP contribution in [0.5, 0.6) is 0 Å². The predicted molar refractivity (Wildman–Crippen MR) is 67.4 cm³/mol. The van der Waals surface area contributed by atoms with Crippen molar-refractivity contribution < 1.29 is 5.11 Å². The Morgan fingerprint density at radius 1 is 1.28 bits per heavy atom. The van der Waals surface area contributed by atoms with E-state index in [9.17, 15) is 5.11 Å². The first-order chi connectivity index (χ1) is 8.80. The molecule has 0 radical (unpaired) electrons. The van der Waals surface area contributed by atoms with Crippen molar-refractivity contribution in [2.75, 3.05) is 13.1 Å². The summed E-state index contributed by atoms with van der Waals surface area (Å²) in [7, 11) is 0. The minimum Gasteiger partial charge on any atom is -0.382 e. The molecule has 1 atom stereocenters. The summed E-state index contributed by atoms with van der Waals surface area (Å²) in [4.78, 5) is 0. The van der Waals surface area contributed by atoms with Gasteiger partial charge in [-0.05, 0) is 31.5 Å². The number of hydrogen-bond acceptors (Lipinski definition) is 4. The smallest absolute Gasteiger partial charge is 0.121 e. The Labute approximate surface area is 105 Å². The van der Waals surface area contributed by atoms with Crippen LogP contribution in [0.1, 0.15) is 18.5 Å². The molecule has 0 bridgehead atoms. The summed E-state index contributed by atoms with van der Waals surface area (Å²) in [6.45, 7) is 1.50. The van der Waals surface area contributed by atoms with E-state index in [0.29, 0.717) is 6.54 Å². The molecule has 3 rings (SSSR count). The summed E-state index contributed by atoms with van der Waals surface area (Å²) < 4.78 is 1.72. The van der Waals surface area contributed by atoms with E-state index in [0.717, 1.165) is 30.8 Å². The Morgan fingerprint density at radius 2 is 2.11 bits per heavy atom. The van der Waals surface area contributed by atoms with Crippen molar-refractivity contribution in [2.24, 2.45) is 0 Å². The fraction of sp³-hybridized carbons (Fsp3) is 0.385. The normalized spacial score (nSPS) is 24.1. The zero-order valence-electron chi connectivity index (χ0n) is 10.1. The van der Waals surface area contributed by atoms with Crippen LogP contribution in [-0.2, 0) is 5.60 Å². The van der Waals surface area contributed by atoms with Gasteiger partial charge in [0.2, 0.25) is 0 Å². The lowest BCUT2D eigenvalue weighted by molar-refractivity contribution is 0.00605. The zero-order chi connectivity index (χ0) is 12.4. The van der Waals surface area contributed by atoms with Gasteiger partial charge in [-0.2, -0.15) is 0 Å². The van der Waals surface area contributed by atoms with E-state index in [4.69, 9.17) is 0 Å². The molecular weight excluding hydrogens is 228 g/mol. The van der Waals surface area contributed by atoms with E-state index in [2.05, 4.69) is 15.6 Å². The molecule has 5 nitrogen and oxygen atoms in total. The molecule has 1 unspecified atom stereocenters. The minimum atomic E-state index is -0.877. The molecule has 1 aromatic carbocycles. The van der Waals surface area contributed by atoms with Crippen LogP contribution in [0.2, 0.25) is 0 Å². The molecule has 2 heterocycles. The fourth-order valence-electron chi connectivity index (χ4n) is 2.42. The molecule has 1 saturated heterocycles. The average molecular weight is 244 g/mol. The van der Waals surface area contributed by atoms with Gasteiger partial charge in [0.05, 0.1) is 17.6 Å². The van der Waals surface area contributed by atoms with E-state index in [1.54, 1.807) is 10.9 Å². The van der Waals surface area contributed by atoms with Gasteiger partial charge in [0.25, 0.3) is 0 Å². The van der Waals surface area contributed by atoms with Crippen molar-refractivity contribution >= 4 is 0 Å². The molecule has 1 aromatic heterocycles. The highest BCUT2D eigenvalue weighted by atomic mass is 16.3. The topological polar surface area (TPSA) is 63.0 Å². The van der Waals surface area contributed by atoms with Crippen LogP contribution < -0.4 is 5.32 Å². The molecule has 0 saturated carbocycles. The van der Waals surface area contributed by atoms with Gasteiger partial charge in [0.1, 0.15) is 5.60 Å². The maximum absolute atomic E-state index is 10.7. The van der Waals surface area contributed by atoms with E-state index in [1.165, 1.54) is 0 Å². The molecule has 2 N–H and O–H groups in total. The SMILES string of the molecule is OC1(c2cnnn2-c2ccccc2)CCCNC1. The molecule has 1 aliphatic rings. The Kier molecular flexibility index (Phi) is 2.85. The number of aliphatic hydroxyl groups is 1. The van der Waals surface area contributed by atoms with Gasteiger partial charge in [-0.1, -0.05) is 23.4 Å². The van der Waals surface area contributed by atoms with Crippen molar-refractivity contribution in [3.8, 4) is 5.69 Å². The van der Waals surface area contributed by atoms with Crippen molar-refractivity contribution in [1.82, 2.24) is 20.3 Å². The highest BCUT2D eigenvalue weighted by Crippen LogP contribution is 2.28. The lowest BCUT2D eigenvalue weighted by atomic mass is 9.91. The lowest BCUT2D eigenvalue weighted by Gasteiger charge is -2.32. The monoisotopic (exact) mass is 244 g/mol. The van der Waals surface area contributed by atoms with Crippen molar-refractivity contribution in [1.29, 1.82) is 0 Å². The second-order valence-corrected chi connectivity index (χ2v) is 4.68. The number of nitrogens with zero attached hydrogens (tertiary/aromatic N) is 3. The average Bonchev–Trinajstić information content (AvgIpc) is 2.91. The number of benzene rings is 1. The lowest BCUT2D eigenvalue weighted by Crippen LogP contribution is -2.44. The Bertz CT molecular complexity index is 517. The highest BCUT2D eigenvalue weighted by molar-refractivity contribution is 5.33. The number of para-hydroxylation sites is 1. The minimum absolute atomic E-state index is 0.549. The Balaban J connectivity index is 2.01.